The number of halogens is 1. The van der Waals surface area contributed by atoms with E-state index >= 15 is 0 Å². The smallest absolute Gasteiger partial charge is 0.246 e. The second kappa shape index (κ2) is 7.84. The van der Waals surface area contributed by atoms with Gasteiger partial charge >= 0.3 is 0 Å². The Morgan fingerprint density at radius 2 is 1.85 bits per heavy atom. The van der Waals surface area contributed by atoms with E-state index in [-0.39, 0.29) is 17.3 Å². The van der Waals surface area contributed by atoms with Gasteiger partial charge in [-0.15, -0.1) is 0 Å². The minimum atomic E-state index is -3.70. The van der Waals surface area contributed by atoms with Gasteiger partial charge in [0.2, 0.25) is 15.9 Å². The van der Waals surface area contributed by atoms with Gasteiger partial charge in [-0.25, -0.2) is 12.8 Å². The highest BCUT2D eigenvalue weighted by atomic mass is 32.2. The minimum Gasteiger partial charge on any atom is -0.465 e. The Morgan fingerprint density at radius 1 is 1.08 bits per heavy atom. The zero-order valence-electron chi connectivity index (χ0n) is 14.0. The van der Waals surface area contributed by atoms with Crippen LogP contribution in [0.2, 0.25) is 0 Å². The molecule has 0 atom stereocenters. The molecule has 1 aromatic carbocycles. The molecule has 138 valence electrons. The molecule has 2 heterocycles. The molecule has 0 radical (unpaired) electrons. The summed E-state index contributed by atoms with van der Waals surface area (Å²) in [5.41, 5.74) is 0. The average Bonchev–Trinajstić information content (AvgIpc) is 3.01. The van der Waals surface area contributed by atoms with E-state index in [9.17, 15) is 17.6 Å². The van der Waals surface area contributed by atoms with E-state index < -0.39 is 15.8 Å². The van der Waals surface area contributed by atoms with E-state index in [4.69, 9.17) is 4.42 Å². The summed E-state index contributed by atoms with van der Waals surface area (Å²) in [7, 11) is -3.70. The number of benzene rings is 1. The van der Waals surface area contributed by atoms with Crippen LogP contribution in [-0.2, 0) is 14.8 Å². The molecule has 6 nitrogen and oxygen atoms in total. The fourth-order valence-corrected chi connectivity index (χ4v) is 4.22. The first-order valence-corrected chi connectivity index (χ1v) is 9.67. The molecule has 1 aliphatic rings. The highest BCUT2D eigenvalue weighted by molar-refractivity contribution is 7.89. The van der Waals surface area contributed by atoms with Gasteiger partial charge in [0.05, 0.1) is 11.2 Å². The van der Waals surface area contributed by atoms with Gasteiger partial charge in [-0.3, -0.25) is 4.79 Å². The van der Waals surface area contributed by atoms with E-state index in [1.807, 2.05) is 0 Å². The number of furan rings is 1. The van der Waals surface area contributed by atoms with Gasteiger partial charge in [0.15, 0.2) is 0 Å². The van der Waals surface area contributed by atoms with Gasteiger partial charge in [0.25, 0.3) is 0 Å². The molecule has 26 heavy (non-hydrogen) atoms. The molecule has 1 aliphatic heterocycles. The Morgan fingerprint density at radius 3 is 2.54 bits per heavy atom. The van der Waals surface area contributed by atoms with Crippen molar-refractivity contribution in [3.63, 3.8) is 0 Å². The van der Waals surface area contributed by atoms with Crippen molar-refractivity contribution in [2.24, 2.45) is 0 Å². The van der Waals surface area contributed by atoms with Crippen molar-refractivity contribution in [2.45, 2.75) is 11.3 Å². The quantitative estimate of drug-likeness (QED) is 0.766. The molecule has 0 spiro atoms. The molecule has 1 fully saturated rings. The number of sulfonamides is 1. The van der Waals surface area contributed by atoms with Crippen LogP contribution in [0.4, 0.5) is 4.39 Å². The molecular formula is C18H19FN2O4S. The largest absolute Gasteiger partial charge is 0.465 e. The van der Waals surface area contributed by atoms with E-state index in [0.717, 1.165) is 12.1 Å². The Kier molecular flexibility index (Phi) is 5.53. The van der Waals surface area contributed by atoms with Crippen LogP contribution in [0, 0.1) is 5.82 Å². The summed E-state index contributed by atoms with van der Waals surface area (Å²) in [6.45, 7) is 1.27. The van der Waals surface area contributed by atoms with Gasteiger partial charge in [-0.2, -0.15) is 4.31 Å². The van der Waals surface area contributed by atoms with E-state index in [0.29, 0.717) is 31.8 Å². The molecule has 0 unspecified atom stereocenters. The summed E-state index contributed by atoms with van der Waals surface area (Å²) >= 11 is 0. The summed E-state index contributed by atoms with van der Waals surface area (Å²) in [5, 5.41) is 0. The van der Waals surface area contributed by atoms with Crippen molar-refractivity contribution in [3.05, 3.63) is 60.3 Å². The van der Waals surface area contributed by atoms with Crippen LogP contribution in [-0.4, -0.2) is 49.7 Å². The maximum atomic E-state index is 13.0. The molecule has 0 N–H and O–H groups in total. The van der Waals surface area contributed by atoms with Gasteiger partial charge in [0.1, 0.15) is 11.6 Å². The van der Waals surface area contributed by atoms with Crippen molar-refractivity contribution < 1.29 is 22.0 Å². The molecule has 2 aromatic rings. The Balaban J connectivity index is 1.66. The summed E-state index contributed by atoms with van der Waals surface area (Å²) in [5.74, 6) is -0.101. The Labute approximate surface area is 151 Å². The zero-order chi connectivity index (χ0) is 18.6. The molecule has 3 rings (SSSR count). The third-order valence-corrected chi connectivity index (χ3v) is 6.06. The third kappa shape index (κ3) is 4.20. The van der Waals surface area contributed by atoms with Crippen LogP contribution < -0.4 is 0 Å². The standard InChI is InChI=1S/C18H19FN2O4S/c19-15-4-7-17(8-5-15)26(23,24)21-11-2-10-20(12-13-21)18(22)9-6-16-3-1-14-25-16/h1,3-9,14H,2,10-13H2. The number of hydrogen-bond acceptors (Lipinski definition) is 4. The van der Waals surface area contributed by atoms with Gasteiger partial charge in [-0.1, -0.05) is 0 Å². The van der Waals surface area contributed by atoms with Crippen molar-refractivity contribution in [1.82, 2.24) is 9.21 Å². The lowest BCUT2D eigenvalue weighted by molar-refractivity contribution is -0.125. The maximum absolute atomic E-state index is 13.0. The van der Waals surface area contributed by atoms with Crippen LogP contribution >= 0.6 is 0 Å². The molecule has 1 saturated heterocycles. The van der Waals surface area contributed by atoms with Crippen molar-refractivity contribution >= 4 is 22.0 Å². The van der Waals surface area contributed by atoms with E-state index in [1.54, 1.807) is 23.1 Å². The SMILES string of the molecule is O=C(C=Cc1ccco1)N1CCCN(S(=O)(=O)c2ccc(F)cc2)CC1. The summed E-state index contributed by atoms with van der Waals surface area (Å²) < 4.78 is 44.9. The molecule has 0 saturated carbocycles. The fourth-order valence-electron chi connectivity index (χ4n) is 2.76. The number of nitrogens with zero attached hydrogens (tertiary/aromatic N) is 2. The van der Waals surface area contributed by atoms with Crippen LogP contribution in [0.5, 0.6) is 0 Å². The second-order valence-electron chi connectivity index (χ2n) is 5.89. The minimum absolute atomic E-state index is 0.0522. The molecular weight excluding hydrogens is 359 g/mol. The van der Waals surface area contributed by atoms with Crippen molar-refractivity contribution in [1.29, 1.82) is 0 Å². The number of rotatable bonds is 4. The van der Waals surface area contributed by atoms with Crippen LogP contribution in [0.3, 0.4) is 0 Å². The lowest BCUT2D eigenvalue weighted by Crippen LogP contribution is -2.36. The lowest BCUT2D eigenvalue weighted by Gasteiger charge is -2.21. The topological polar surface area (TPSA) is 70.8 Å². The molecule has 0 aliphatic carbocycles. The van der Waals surface area contributed by atoms with Crippen LogP contribution in [0.1, 0.15) is 12.2 Å². The van der Waals surface area contributed by atoms with Crippen molar-refractivity contribution in [3.8, 4) is 0 Å². The van der Waals surface area contributed by atoms with Crippen LogP contribution in [0.25, 0.3) is 6.08 Å². The summed E-state index contributed by atoms with van der Waals surface area (Å²) in [6, 6.07) is 8.23. The zero-order valence-corrected chi connectivity index (χ0v) is 14.9. The fraction of sp³-hybridized carbons (Fsp3) is 0.278. The summed E-state index contributed by atoms with van der Waals surface area (Å²) in [4.78, 5) is 14.0. The van der Waals surface area contributed by atoms with E-state index in [2.05, 4.69) is 0 Å². The predicted octanol–water partition coefficient (Wildman–Crippen LogP) is 2.36. The Hall–Kier alpha value is -2.45. The number of amides is 1. The molecule has 1 aromatic heterocycles. The van der Waals surface area contributed by atoms with Crippen LogP contribution in [0.15, 0.2) is 58.1 Å². The predicted molar refractivity (Wildman–Crippen MR) is 94.1 cm³/mol. The maximum Gasteiger partial charge on any atom is 0.246 e. The highest BCUT2D eigenvalue weighted by Crippen LogP contribution is 2.18. The first-order valence-electron chi connectivity index (χ1n) is 8.23. The van der Waals surface area contributed by atoms with Crippen molar-refractivity contribution in [2.75, 3.05) is 26.2 Å². The number of carbonyl (C=O) groups is 1. The molecule has 1 amide bonds. The monoisotopic (exact) mass is 378 g/mol. The van der Waals surface area contributed by atoms with Gasteiger partial charge in [0, 0.05) is 32.3 Å². The number of carbonyl (C=O) groups excluding carboxylic acids is 1. The van der Waals surface area contributed by atoms with Gasteiger partial charge in [-0.05, 0) is 48.9 Å². The Bertz CT molecular complexity index is 876. The summed E-state index contributed by atoms with van der Waals surface area (Å²) in [6.07, 6.45) is 5.05. The first kappa shape index (κ1) is 18.3. The highest BCUT2D eigenvalue weighted by Gasteiger charge is 2.27. The average molecular weight is 378 g/mol. The third-order valence-electron chi connectivity index (χ3n) is 4.15. The van der Waals surface area contributed by atoms with E-state index in [1.165, 1.54) is 28.8 Å². The lowest BCUT2D eigenvalue weighted by atomic mass is 10.3. The van der Waals surface area contributed by atoms with Gasteiger partial charge < -0.3 is 9.32 Å². The molecule has 8 heteroatoms. The molecule has 0 bridgehead atoms. The normalized spacial score (nSPS) is 16.7. The first-order chi connectivity index (χ1) is 12.5. The number of hydrogen-bond donors (Lipinski definition) is 0. The second-order valence-corrected chi connectivity index (χ2v) is 7.82.